The third-order valence-electron chi connectivity index (χ3n) is 2.85. The van der Waals surface area contributed by atoms with Gasteiger partial charge in [0, 0.05) is 5.92 Å². The minimum atomic E-state index is 0.507. The summed E-state index contributed by atoms with van der Waals surface area (Å²) in [6, 6.07) is 8.29. The van der Waals surface area contributed by atoms with Gasteiger partial charge in [-0.15, -0.1) is 0 Å². The van der Waals surface area contributed by atoms with E-state index in [9.17, 15) is 0 Å². The summed E-state index contributed by atoms with van der Waals surface area (Å²) in [5.41, 5.74) is 1.29. The molecule has 0 saturated heterocycles. The molecule has 90 valence electrons. The summed E-state index contributed by atoms with van der Waals surface area (Å²) in [6.07, 6.45) is 1.12. The van der Waals surface area contributed by atoms with E-state index in [0.29, 0.717) is 11.8 Å². The lowest BCUT2D eigenvalue weighted by Crippen LogP contribution is -2.13. The Bertz CT molecular complexity index is 305. The van der Waals surface area contributed by atoms with Gasteiger partial charge in [0.2, 0.25) is 0 Å². The minimum absolute atomic E-state index is 0.507. The maximum absolute atomic E-state index is 5.89. The highest BCUT2D eigenvalue weighted by atomic mass is 32.1. The number of thiol groups is 1. The summed E-state index contributed by atoms with van der Waals surface area (Å²) in [5.74, 6) is 2.97. The van der Waals surface area contributed by atoms with Crippen LogP contribution in [0.1, 0.15) is 38.7 Å². The second-order valence-corrected chi connectivity index (χ2v) is 4.83. The zero-order chi connectivity index (χ0) is 12.0. The molecule has 0 N–H and O–H groups in total. The lowest BCUT2D eigenvalue weighted by Gasteiger charge is -2.17. The van der Waals surface area contributed by atoms with Crippen LogP contribution < -0.4 is 4.74 Å². The van der Waals surface area contributed by atoms with E-state index in [0.717, 1.165) is 24.5 Å². The Morgan fingerprint density at radius 2 is 1.94 bits per heavy atom. The molecule has 0 aliphatic carbocycles. The molecule has 0 amide bonds. The number of ether oxygens (including phenoxy) is 1. The van der Waals surface area contributed by atoms with Crippen LogP contribution in [0.25, 0.3) is 0 Å². The highest BCUT2D eigenvalue weighted by molar-refractivity contribution is 7.80. The Balaban J connectivity index is 2.66. The molecule has 0 aliphatic heterocycles. The SMILES string of the molecule is CCC(CS)COc1ccccc1C(C)C. The summed E-state index contributed by atoms with van der Waals surface area (Å²) >= 11 is 4.33. The van der Waals surface area contributed by atoms with Gasteiger partial charge in [0.1, 0.15) is 5.75 Å². The monoisotopic (exact) mass is 238 g/mol. The molecule has 1 atom stereocenters. The molecule has 1 nitrogen and oxygen atoms in total. The van der Waals surface area contributed by atoms with Crippen molar-refractivity contribution in [2.24, 2.45) is 5.92 Å². The Kier molecular flexibility index (Phi) is 5.75. The summed E-state index contributed by atoms with van der Waals surface area (Å²) < 4.78 is 5.89. The van der Waals surface area contributed by atoms with Crippen LogP contribution in [0, 0.1) is 5.92 Å². The standard InChI is InChI=1S/C14H22OS/c1-4-12(10-16)9-15-14-8-6-5-7-13(14)11(2)3/h5-8,11-12,16H,4,9-10H2,1-3H3. The van der Waals surface area contributed by atoms with Gasteiger partial charge in [-0.3, -0.25) is 0 Å². The molecule has 0 aromatic heterocycles. The average Bonchev–Trinajstić information content (AvgIpc) is 2.30. The first-order valence-corrected chi connectivity index (χ1v) is 6.64. The summed E-state index contributed by atoms with van der Waals surface area (Å²) in [4.78, 5) is 0. The third kappa shape index (κ3) is 3.75. The predicted octanol–water partition coefficient (Wildman–Crippen LogP) is 4.14. The molecule has 1 unspecified atom stereocenters. The second kappa shape index (κ2) is 6.85. The van der Waals surface area contributed by atoms with Gasteiger partial charge < -0.3 is 4.74 Å². The minimum Gasteiger partial charge on any atom is -0.493 e. The van der Waals surface area contributed by atoms with Crippen molar-refractivity contribution in [1.29, 1.82) is 0 Å². The first-order chi connectivity index (χ1) is 7.69. The summed E-state index contributed by atoms with van der Waals surface area (Å²) in [5, 5.41) is 0. The molecule has 0 radical (unpaired) electrons. The average molecular weight is 238 g/mol. The van der Waals surface area contributed by atoms with Crippen molar-refractivity contribution in [3.8, 4) is 5.75 Å². The largest absolute Gasteiger partial charge is 0.493 e. The molecule has 16 heavy (non-hydrogen) atoms. The molecule has 1 aromatic carbocycles. The molecule has 1 aromatic rings. The van der Waals surface area contributed by atoms with E-state index in [4.69, 9.17) is 4.74 Å². The van der Waals surface area contributed by atoms with Crippen molar-refractivity contribution < 1.29 is 4.74 Å². The Morgan fingerprint density at radius 1 is 1.25 bits per heavy atom. The van der Waals surface area contributed by atoms with E-state index >= 15 is 0 Å². The van der Waals surface area contributed by atoms with Crippen LogP contribution in [0.2, 0.25) is 0 Å². The lowest BCUT2D eigenvalue weighted by atomic mass is 10.0. The molecule has 0 spiro atoms. The van der Waals surface area contributed by atoms with Crippen molar-refractivity contribution >= 4 is 12.6 Å². The molecular weight excluding hydrogens is 216 g/mol. The van der Waals surface area contributed by atoms with E-state index in [1.54, 1.807) is 0 Å². The topological polar surface area (TPSA) is 9.23 Å². The molecule has 0 aliphatic rings. The van der Waals surface area contributed by atoms with E-state index in [-0.39, 0.29) is 0 Å². The van der Waals surface area contributed by atoms with Crippen LogP contribution in [-0.2, 0) is 0 Å². The molecule has 0 saturated carbocycles. The van der Waals surface area contributed by atoms with Crippen LogP contribution >= 0.6 is 12.6 Å². The van der Waals surface area contributed by atoms with E-state index in [2.05, 4.69) is 51.6 Å². The van der Waals surface area contributed by atoms with E-state index in [1.165, 1.54) is 5.56 Å². The van der Waals surface area contributed by atoms with Crippen LogP contribution in [0.5, 0.6) is 5.75 Å². The smallest absolute Gasteiger partial charge is 0.122 e. The quantitative estimate of drug-likeness (QED) is 0.733. The molecular formula is C14H22OS. The number of benzene rings is 1. The number of hydrogen-bond donors (Lipinski definition) is 1. The Morgan fingerprint density at radius 3 is 2.50 bits per heavy atom. The van der Waals surface area contributed by atoms with Gasteiger partial charge in [0.05, 0.1) is 6.61 Å². The first-order valence-electron chi connectivity index (χ1n) is 6.01. The number of hydrogen-bond acceptors (Lipinski definition) is 2. The van der Waals surface area contributed by atoms with Gasteiger partial charge in [0.15, 0.2) is 0 Å². The molecule has 2 heteroatoms. The normalized spacial score (nSPS) is 12.8. The molecule has 0 bridgehead atoms. The van der Waals surface area contributed by atoms with Crippen LogP contribution in [0.3, 0.4) is 0 Å². The van der Waals surface area contributed by atoms with Crippen LogP contribution in [0.4, 0.5) is 0 Å². The van der Waals surface area contributed by atoms with E-state index in [1.807, 2.05) is 6.07 Å². The summed E-state index contributed by atoms with van der Waals surface area (Å²) in [7, 11) is 0. The van der Waals surface area contributed by atoms with Gasteiger partial charge in [-0.25, -0.2) is 0 Å². The third-order valence-corrected chi connectivity index (χ3v) is 3.37. The van der Waals surface area contributed by atoms with Crippen molar-refractivity contribution in [2.75, 3.05) is 12.4 Å². The zero-order valence-electron chi connectivity index (χ0n) is 10.4. The second-order valence-electron chi connectivity index (χ2n) is 4.46. The number of rotatable bonds is 6. The predicted molar refractivity (Wildman–Crippen MR) is 73.7 cm³/mol. The van der Waals surface area contributed by atoms with E-state index < -0.39 is 0 Å². The van der Waals surface area contributed by atoms with Gasteiger partial charge in [-0.2, -0.15) is 12.6 Å². The highest BCUT2D eigenvalue weighted by Crippen LogP contribution is 2.26. The van der Waals surface area contributed by atoms with Crippen molar-refractivity contribution in [1.82, 2.24) is 0 Å². The summed E-state index contributed by atoms with van der Waals surface area (Å²) in [6.45, 7) is 7.33. The van der Waals surface area contributed by atoms with Gasteiger partial charge in [0.25, 0.3) is 0 Å². The molecule has 1 rings (SSSR count). The van der Waals surface area contributed by atoms with Crippen LogP contribution in [0.15, 0.2) is 24.3 Å². The molecule has 0 heterocycles. The zero-order valence-corrected chi connectivity index (χ0v) is 11.3. The fourth-order valence-corrected chi connectivity index (χ4v) is 1.96. The van der Waals surface area contributed by atoms with Crippen molar-refractivity contribution in [2.45, 2.75) is 33.1 Å². The molecule has 0 fully saturated rings. The lowest BCUT2D eigenvalue weighted by molar-refractivity contribution is 0.256. The van der Waals surface area contributed by atoms with Gasteiger partial charge in [-0.1, -0.05) is 39.0 Å². The van der Waals surface area contributed by atoms with Crippen molar-refractivity contribution in [3.05, 3.63) is 29.8 Å². The fraction of sp³-hybridized carbons (Fsp3) is 0.571. The number of para-hydroxylation sites is 1. The van der Waals surface area contributed by atoms with Gasteiger partial charge >= 0.3 is 0 Å². The Hall–Kier alpha value is -0.630. The highest BCUT2D eigenvalue weighted by Gasteiger charge is 2.09. The maximum atomic E-state index is 5.89. The van der Waals surface area contributed by atoms with Crippen molar-refractivity contribution in [3.63, 3.8) is 0 Å². The Labute approximate surface area is 105 Å². The first kappa shape index (κ1) is 13.4. The van der Waals surface area contributed by atoms with Gasteiger partial charge in [-0.05, 0) is 29.7 Å². The van der Waals surface area contributed by atoms with Crippen LogP contribution in [-0.4, -0.2) is 12.4 Å². The fourth-order valence-electron chi connectivity index (χ4n) is 1.60. The maximum Gasteiger partial charge on any atom is 0.122 e.